The molecule has 0 saturated carbocycles. The highest BCUT2D eigenvalue weighted by molar-refractivity contribution is 5.12. The van der Waals surface area contributed by atoms with Crippen molar-refractivity contribution in [3.63, 3.8) is 0 Å². The second-order valence-corrected chi connectivity index (χ2v) is 4.80. The normalized spacial score (nSPS) is 22.9. The van der Waals surface area contributed by atoms with Gasteiger partial charge in [0.15, 0.2) is 0 Å². The molecule has 100 valence electrons. The van der Waals surface area contributed by atoms with Crippen LogP contribution in [0, 0.1) is 0 Å². The first-order chi connectivity index (χ1) is 8.79. The summed E-state index contributed by atoms with van der Waals surface area (Å²) < 4.78 is 5.78. The number of aromatic nitrogens is 1. The summed E-state index contributed by atoms with van der Waals surface area (Å²) in [6.07, 6.45) is 4.02. The van der Waals surface area contributed by atoms with Gasteiger partial charge in [-0.05, 0) is 25.1 Å². The fourth-order valence-electron chi connectivity index (χ4n) is 2.25. The van der Waals surface area contributed by atoms with E-state index >= 15 is 0 Å². The van der Waals surface area contributed by atoms with Gasteiger partial charge in [-0.3, -0.25) is 9.88 Å². The highest BCUT2D eigenvalue weighted by atomic mass is 16.5. The van der Waals surface area contributed by atoms with Gasteiger partial charge in [0.05, 0.1) is 12.7 Å². The summed E-state index contributed by atoms with van der Waals surface area (Å²) in [5.74, 6) is 0. The van der Waals surface area contributed by atoms with Crippen LogP contribution in [0.4, 0.5) is 0 Å². The number of morpholine rings is 1. The summed E-state index contributed by atoms with van der Waals surface area (Å²) in [5.41, 5.74) is 1.22. The minimum Gasteiger partial charge on any atom is -0.374 e. The first-order valence-electron chi connectivity index (χ1n) is 6.77. The van der Waals surface area contributed by atoms with Crippen LogP contribution in [0.1, 0.15) is 25.5 Å². The molecule has 18 heavy (non-hydrogen) atoms. The van der Waals surface area contributed by atoms with E-state index in [0.29, 0.717) is 12.1 Å². The minimum atomic E-state index is 0.304. The average molecular weight is 249 g/mol. The van der Waals surface area contributed by atoms with E-state index in [4.69, 9.17) is 4.74 Å². The van der Waals surface area contributed by atoms with Gasteiger partial charge in [0, 0.05) is 38.1 Å². The monoisotopic (exact) mass is 249 g/mol. The Kier molecular flexibility index (Phi) is 5.11. The van der Waals surface area contributed by atoms with Crippen molar-refractivity contribution in [1.29, 1.82) is 0 Å². The Hall–Kier alpha value is -0.970. The summed E-state index contributed by atoms with van der Waals surface area (Å²) in [6, 6.07) is 4.40. The van der Waals surface area contributed by atoms with Gasteiger partial charge < -0.3 is 10.1 Å². The third-order valence-corrected chi connectivity index (χ3v) is 3.51. The lowest BCUT2D eigenvalue weighted by Crippen LogP contribution is -2.46. The van der Waals surface area contributed by atoms with Crippen molar-refractivity contribution in [2.45, 2.75) is 26.0 Å². The highest BCUT2D eigenvalue weighted by Gasteiger charge is 2.19. The molecule has 1 fully saturated rings. The molecule has 4 heteroatoms. The number of nitrogens with zero attached hydrogens (tertiary/aromatic N) is 2. The van der Waals surface area contributed by atoms with Crippen molar-refractivity contribution in [1.82, 2.24) is 15.2 Å². The zero-order valence-electron chi connectivity index (χ0n) is 11.3. The summed E-state index contributed by atoms with van der Waals surface area (Å²) in [4.78, 5) is 6.58. The van der Waals surface area contributed by atoms with Crippen molar-refractivity contribution in [2.24, 2.45) is 0 Å². The lowest BCUT2D eigenvalue weighted by molar-refractivity contribution is -0.0262. The standard InChI is InChI=1S/C14H23N3O/c1-3-17-7-8-18-14(11-17)10-16-12(2)13-5-4-6-15-9-13/h4-6,9,12,14,16H,3,7-8,10-11H2,1-2H3/t12-,14?/m0/s1. The quantitative estimate of drug-likeness (QED) is 0.857. The molecule has 1 aromatic rings. The molecule has 4 nitrogen and oxygen atoms in total. The molecular formula is C14H23N3O. The molecule has 0 aliphatic carbocycles. The van der Waals surface area contributed by atoms with Crippen molar-refractivity contribution < 1.29 is 4.74 Å². The van der Waals surface area contributed by atoms with Crippen molar-refractivity contribution in [2.75, 3.05) is 32.8 Å². The van der Waals surface area contributed by atoms with Gasteiger partial charge in [-0.15, -0.1) is 0 Å². The molecule has 1 saturated heterocycles. The Labute approximate surface area is 109 Å². The van der Waals surface area contributed by atoms with Crippen LogP contribution in [0.15, 0.2) is 24.5 Å². The number of hydrogen-bond donors (Lipinski definition) is 1. The van der Waals surface area contributed by atoms with E-state index in [1.165, 1.54) is 5.56 Å². The predicted molar refractivity (Wildman–Crippen MR) is 72.5 cm³/mol. The van der Waals surface area contributed by atoms with E-state index in [0.717, 1.165) is 32.8 Å². The van der Waals surface area contributed by atoms with E-state index in [1.54, 1.807) is 6.20 Å². The molecule has 1 aliphatic rings. The maximum absolute atomic E-state index is 5.78. The van der Waals surface area contributed by atoms with Crippen molar-refractivity contribution in [3.05, 3.63) is 30.1 Å². The number of ether oxygens (including phenoxy) is 1. The van der Waals surface area contributed by atoms with Gasteiger partial charge in [-0.25, -0.2) is 0 Å². The van der Waals surface area contributed by atoms with Gasteiger partial charge in [0.1, 0.15) is 0 Å². The SMILES string of the molecule is CCN1CCOC(CN[C@@H](C)c2cccnc2)C1. The van der Waals surface area contributed by atoms with Gasteiger partial charge in [0.2, 0.25) is 0 Å². The molecule has 0 aromatic carbocycles. The number of nitrogens with one attached hydrogen (secondary N) is 1. The van der Waals surface area contributed by atoms with Gasteiger partial charge in [-0.1, -0.05) is 13.0 Å². The Morgan fingerprint density at radius 1 is 1.61 bits per heavy atom. The largest absolute Gasteiger partial charge is 0.374 e. The van der Waals surface area contributed by atoms with Crippen LogP contribution in [0.2, 0.25) is 0 Å². The van der Waals surface area contributed by atoms with Gasteiger partial charge in [0.25, 0.3) is 0 Å². The zero-order valence-corrected chi connectivity index (χ0v) is 11.3. The third-order valence-electron chi connectivity index (χ3n) is 3.51. The molecule has 2 heterocycles. The van der Waals surface area contributed by atoms with Crippen molar-refractivity contribution in [3.8, 4) is 0 Å². The second-order valence-electron chi connectivity index (χ2n) is 4.80. The van der Waals surface area contributed by atoms with Crippen LogP contribution in [0.3, 0.4) is 0 Å². The smallest absolute Gasteiger partial charge is 0.0826 e. The second kappa shape index (κ2) is 6.83. The zero-order chi connectivity index (χ0) is 12.8. The molecule has 1 N–H and O–H groups in total. The maximum atomic E-state index is 5.78. The molecule has 2 rings (SSSR count). The molecule has 0 spiro atoms. The maximum Gasteiger partial charge on any atom is 0.0826 e. The fourth-order valence-corrected chi connectivity index (χ4v) is 2.25. The molecule has 0 amide bonds. The summed E-state index contributed by atoms with van der Waals surface area (Å²) in [7, 11) is 0. The lowest BCUT2D eigenvalue weighted by Gasteiger charge is -2.32. The Bertz CT molecular complexity index is 344. The first-order valence-corrected chi connectivity index (χ1v) is 6.77. The minimum absolute atomic E-state index is 0.304. The molecular weight excluding hydrogens is 226 g/mol. The molecule has 1 aromatic heterocycles. The first kappa shape index (κ1) is 13.5. The average Bonchev–Trinajstić information content (AvgIpc) is 2.46. The van der Waals surface area contributed by atoms with E-state index in [2.05, 4.69) is 35.1 Å². The molecule has 2 atom stereocenters. The Balaban J connectivity index is 1.77. The van der Waals surface area contributed by atoms with E-state index < -0.39 is 0 Å². The summed E-state index contributed by atoms with van der Waals surface area (Å²) >= 11 is 0. The van der Waals surface area contributed by atoms with Crippen LogP contribution < -0.4 is 5.32 Å². The Morgan fingerprint density at radius 2 is 2.50 bits per heavy atom. The molecule has 0 radical (unpaired) electrons. The van der Waals surface area contributed by atoms with Crippen LogP contribution in [-0.2, 0) is 4.74 Å². The van der Waals surface area contributed by atoms with Crippen LogP contribution in [0.25, 0.3) is 0 Å². The highest BCUT2D eigenvalue weighted by Crippen LogP contribution is 2.11. The lowest BCUT2D eigenvalue weighted by atomic mass is 10.1. The van der Waals surface area contributed by atoms with Crippen molar-refractivity contribution >= 4 is 0 Å². The predicted octanol–water partition coefficient (Wildman–Crippen LogP) is 1.45. The van der Waals surface area contributed by atoms with E-state index in [1.807, 2.05) is 12.3 Å². The third kappa shape index (κ3) is 3.77. The molecule has 0 bridgehead atoms. The molecule has 1 unspecified atom stereocenters. The van der Waals surface area contributed by atoms with Crippen LogP contribution in [0.5, 0.6) is 0 Å². The van der Waals surface area contributed by atoms with Gasteiger partial charge in [-0.2, -0.15) is 0 Å². The number of likely N-dealkylation sites (N-methyl/N-ethyl adjacent to an activating group) is 1. The summed E-state index contributed by atoms with van der Waals surface area (Å²) in [6.45, 7) is 9.31. The topological polar surface area (TPSA) is 37.4 Å². The van der Waals surface area contributed by atoms with E-state index in [9.17, 15) is 0 Å². The molecule has 1 aliphatic heterocycles. The van der Waals surface area contributed by atoms with Crippen LogP contribution in [-0.4, -0.2) is 48.8 Å². The number of rotatable bonds is 5. The van der Waals surface area contributed by atoms with Crippen LogP contribution >= 0.6 is 0 Å². The Morgan fingerprint density at radius 3 is 3.22 bits per heavy atom. The van der Waals surface area contributed by atoms with E-state index in [-0.39, 0.29) is 0 Å². The van der Waals surface area contributed by atoms with Gasteiger partial charge >= 0.3 is 0 Å². The number of pyridine rings is 1. The summed E-state index contributed by atoms with van der Waals surface area (Å²) in [5, 5.41) is 3.52. The fraction of sp³-hybridized carbons (Fsp3) is 0.643. The number of hydrogen-bond acceptors (Lipinski definition) is 4.